The van der Waals surface area contributed by atoms with Crippen LogP contribution in [0.3, 0.4) is 0 Å². The Morgan fingerprint density at radius 1 is 0.641 bits per heavy atom. The highest BCUT2D eigenvalue weighted by Crippen LogP contribution is 2.19. The summed E-state index contributed by atoms with van der Waals surface area (Å²) in [4.78, 5) is 5.18. The Labute approximate surface area is 250 Å². The van der Waals surface area contributed by atoms with E-state index in [1.165, 1.54) is 108 Å². The molecule has 7 heteroatoms. The van der Waals surface area contributed by atoms with Crippen molar-refractivity contribution in [3.05, 3.63) is 24.3 Å². The van der Waals surface area contributed by atoms with Gasteiger partial charge in [-0.15, -0.1) is 0 Å². The van der Waals surface area contributed by atoms with Gasteiger partial charge in [-0.25, -0.2) is 0 Å². The molecule has 0 fully saturated rings. The van der Waals surface area contributed by atoms with E-state index in [2.05, 4.69) is 63.5 Å². The molecule has 1 rings (SSSR count). The molecule has 3 nitrogen and oxygen atoms in total. The molecule has 0 aliphatic carbocycles. The van der Waals surface area contributed by atoms with Crippen LogP contribution in [0.15, 0.2) is 24.3 Å². The first-order valence-electron chi connectivity index (χ1n) is 16.6. The van der Waals surface area contributed by atoms with Crippen molar-refractivity contribution in [3.63, 3.8) is 0 Å². The summed E-state index contributed by atoms with van der Waals surface area (Å²) in [6.07, 6.45) is 19.5. The molecule has 0 aliphatic heterocycles. The number of hydrogen-bond donors (Lipinski definition) is 0. The third-order valence-electron chi connectivity index (χ3n) is 8.68. The molecule has 0 amide bonds. The van der Waals surface area contributed by atoms with Crippen LogP contribution in [0.4, 0.5) is 0 Å². The Bertz CT molecular complexity index is 713. The summed E-state index contributed by atoms with van der Waals surface area (Å²) >= 11 is 0. The maximum Gasteiger partial charge on any atom is 0.156 e. The molecule has 0 saturated carbocycles. The second-order valence-electron chi connectivity index (χ2n) is 13.6. The maximum atomic E-state index is 5.92. The summed E-state index contributed by atoms with van der Waals surface area (Å²) in [5, 5.41) is 5.27. The number of rotatable bonds is 25. The second kappa shape index (κ2) is 21.6. The first kappa shape index (κ1) is 37.0. The van der Waals surface area contributed by atoms with Gasteiger partial charge in [0.15, 0.2) is 9.04 Å². The molecule has 0 spiro atoms. The van der Waals surface area contributed by atoms with Crippen molar-refractivity contribution in [1.82, 2.24) is 5.06 Å². The zero-order chi connectivity index (χ0) is 29.0. The van der Waals surface area contributed by atoms with Gasteiger partial charge >= 0.3 is 0 Å². The molecule has 1 aromatic rings. The Morgan fingerprint density at radius 2 is 1.03 bits per heavy atom. The summed E-state index contributed by atoms with van der Waals surface area (Å²) < 4.78 is 5.92. The van der Waals surface area contributed by atoms with Crippen LogP contribution in [0.5, 0.6) is 0 Å². The van der Waals surface area contributed by atoms with E-state index in [9.17, 15) is 0 Å². The summed E-state index contributed by atoms with van der Waals surface area (Å²) in [6, 6.07) is 14.4. The average Bonchev–Trinajstić information content (AvgIpc) is 2.90. The SMILES string of the molecule is CON(C)CCCCCCCCCC[Si](C)(C)c1ccc([Si](C)(C)CCCCCCCC[SiH2]O[SiH](C)C)cc1. The van der Waals surface area contributed by atoms with E-state index >= 15 is 0 Å². The Balaban J connectivity index is 2.21. The minimum atomic E-state index is -1.33. The highest BCUT2D eigenvalue weighted by atomic mass is 28.3. The van der Waals surface area contributed by atoms with Gasteiger partial charge in [0.05, 0.1) is 23.3 Å². The maximum absolute atomic E-state index is 5.92. The minimum Gasteiger partial charge on any atom is -0.463 e. The Hall–Kier alpha value is -0.0325. The minimum absolute atomic E-state index is 0.189. The van der Waals surface area contributed by atoms with Crippen molar-refractivity contribution < 1.29 is 8.95 Å². The van der Waals surface area contributed by atoms with E-state index in [1.807, 2.05) is 12.1 Å². The smallest absolute Gasteiger partial charge is 0.156 e. The summed E-state index contributed by atoms with van der Waals surface area (Å²) in [7, 11) is 0.182. The van der Waals surface area contributed by atoms with Crippen LogP contribution in [0.1, 0.15) is 89.9 Å². The molecule has 0 unspecified atom stereocenters. The fourth-order valence-corrected chi connectivity index (χ4v) is 13.7. The highest BCUT2D eigenvalue weighted by molar-refractivity contribution is 6.91. The average molecular weight is 610 g/mol. The molecule has 0 N–H and O–H groups in total. The third-order valence-corrected chi connectivity index (χ3v) is 20.1. The highest BCUT2D eigenvalue weighted by Gasteiger charge is 2.26. The van der Waals surface area contributed by atoms with Crippen molar-refractivity contribution in [3.8, 4) is 0 Å². The van der Waals surface area contributed by atoms with Gasteiger partial charge in [0.25, 0.3) is 0 Å². The lowest BCUT2D eigenvalue weighted by molar-refractivity contribution is -0.109. The van der Waals surface area contributed by atoms with Crippen molar-refractivity contribution in [2.75, 3.05) is 20.7 Å². The molecule has 0 aliphatic rings. The molecule has 39 heavy (non-hydrogen) atoms. The van der Waals surface area contributed by atoms with Crippen LogP contribution in [0.25, 0.3) is 0 Å². The van der Waals surface area contributed by atoms with Crippen LogP contribution in [0.2, 0.25) is 57.4 Å². The topological polar surface area (TPSA) is 21.7 Å². The first-order chi connectivity index (χ1) is 18.6. The molecule has 0 aromatic heterocycles. The third kappa shape index (κ3) is 18.2. The molecule has 0 atom stereocenters. The van der Waals surface area contributed by atoms with Crippen molar-refractivity contribution in [2.24, 2.45) is 0 Å². The van der Waals surface area contributed by atoms with Gasteiger partial charge < -0.3 is 8.95 Å². The number of unbranched alkanes of at least 4 members (excludes halogenated alkanes) is 12. The molecule has 0 heterocycles. The fraction of sp³-hybridized carbons (Fsp3) is 0.812. The lowest BCUT2D eigenvalue weighted by Gasteiger charge is -2.26. The van der Waals surface area contributed by atoms with Gasteiger partial charge in [0, 0.05) is 13.6 Å². The van der Waals surface area contributed by atoms with Crippen molar-refractivity contribution >= 4 is 45.3 Å². The Morgan fingerprint density at radius 3 is 1.44 bits per heavy atom. The quantitative estimate of drug-likeness (QED) is 0.0637. The van der Waals surface area contributed by atoms with E-state index in [0.29, 0.717) is 0 Å². The van der Waals surface area contributed by atoms with Gasteiger partial charge in [-0.3, -0.25) is 0 Å². The molecule has 0 saturated heterocycles. The number of hydrogen-bond acceptors (Lipinski definition) is 3. The number of benzene rings is 1. The molecular weight excluding hydrogens is 543 g/mol. The monoisotopic (exact) mass is 609 g/mol. The van der Waals surface area contributed by atoms with E-state index in [0.717, 1.165) is 6.54 Å². The lowest BCUT2D eigenvalue weighted by Crippen LogP contribution is -2.45. The fourth-order valence-electron chi connectivity index (χ4n) is 5.59. The van der Waals surface area contributed by atoms with Crippen LogP contribution < -0.4 is 10.4 Å². The first-order valence-corrected chi connectivity index (χ1v) is 27.3. The number of nitrogens with zero attached hydrogens (tertiary/aromatic N) is 1. The zero-order valence-corrected chi connectivity index (χ0v) is 32.2. The normalized spacial score (nSPS) is 13.0. The lowest BCUT2D eigenvalue weighted by atomic mass is 10.1. The van der Waals surface area contributed by atoms with E-state index in [-0.39, 0.29) is 9.76 Å². The molecule has 0 bridgehead atoms. The van der Waals surface area contributed by atoms with Crippen molar-refractivity contribution in [2.45, 2.75) is 147 Å². The zero-order valence-electron chi connectivity index (χ0n) is 27.6. The van der Waals surface area contributed by atoms with Crippen molar-refractivity contribution in [1.29, 1.82) is 0 Å². The summed E-state index contributed by atoms with van der Waals surface area (Å²) in [6.45, 7) is 16.0. The number of hydroxylamine groups is 2. The summed E-state index contributed by atoms with van der Waals surface area (Å²) in [5.74, 6) is 0. The second-order valence-corrected chi connectivity index (χ2v) is 27.8. The molecule has 1 aromatic carbocycles. The largest absolute Gasteiger partial charge is 0.463 e. The predicted octanol–water partition coefficient (Wildman–Crippen LogP) is 7.97. The van der Waals surface area contributed by atoms with Gasteiger partial charge in [-0.05, 0) is 25.6 Å². The van der Waals surface area contributed by atoms with E-state index in [1.54, 1.807) is 17.5 Å². The molecular formula is C32H67NO2Si4. The molecule has 228 valence electrons. The van der Waals surface area contributed by atoms with Gasteiger partial charge in [0.2, 0.25) is 0 Å². The standard InChI is InChI=1S/C32H67NO2Si4/c1-33(34-2)27-19-15-11-9-10-13-17-21-29-38(5,6)31-23-25-32(26-24-31)39(7,8)30-22-18-14-12-16-20-28-36-35-37(3)4/h23-26,37H,9-22,27-30,36H2,1-8H3. The van der Waals surface area contributed by atoms with Gasteiger partial charge in [0.1, 0.15) is 9.76 Å². The van der Waals surface area contributed by atoms with Crippen LogP contribution >= 0.6 is 0 Å². The Kier molecular flexibility index (Phi) is 20.5. The van der Waals surface area contributed by atoms with Crippen LogP contribution in [-0.4, -0.2) is 60.7 Å². The molecule has 0 radical (unpaired) electrons. The van der Waals surface area contributed by atoms with E-state index in [4.69, 9.17) is 8.95 Å². The summed E-state index contributed by atoms with van der Waals surface area (Å²) in [5.41, 5.74) is 0. The van der Waals surface area contributed by atoms with Crippen LogP contribution in [0, 0.1) is 0 Å². The van der Waals surface area contributed by atoms with Gasteiger partial charge in [-0.1, -0.05) is 156 Å². The van der Waals surface area contributed by atoms with Crippen LogP contribution in [-0.2, 0) is 8.95 Å². The van der Waals surface area contributed by atoms with E-state index < -0.39 is 25.2 Å². The predicted molar refractivity (Wildman–Crippen MR) is 188 cm³/mol. The van der Waals surface area contributed by atoms with Gasteiger partial charge in [-0.2, -0.15) is 5.06 Å².